The molecule has 0 aliphatic rings. The molecular formula is C15H30N4. The first-order valence-electron chi connectivity index (χ1n) is 7.27. The number of nitrogens with zero attached hydrogens (tertiary/aromatic N) is 2. The van der Waals surface area contributed by atoms with Crippen LogP contribution in [0.3, 0.4) is 0 Å². The van der Waals surface area contributed by atoms with Gasteiger partial charge >= 0.3 is 0 Å². The van der Waals surface area contributed by atoms with Crippen LogP contribution in [0.15, 0.2) is 0 Å². The Hall–Kier alpha value is -1.10. The highest BCUT2D eigenvalue weighted by atomic mass is 14.7. The summed E-state index contributed by atoms with van der Waals surface area (Å²) in [5, 5.41) is 17.2. The van der Waals surface area contributed by atoms with Crippen LogP contribution in [-0.4, -0.2) is 11.1 Å². The maximum absolute atomic E-state index is 8.67. The zero-order valence-corrected chi connectivity index (χ0v) is 13.0. The van der Waals surface area contributed by atoms with Gasteiger partial charge < -0.3 is 11.5 Å². The molecular weight excluding hydrogens is 236 g/mol. The van der Waals surface area contributed by atoms with Gasteiger partial charge in [0.2, 0.25) is 0 Å². The Bertz CT molecular complexity index is 294. The van der Waals surface area contributed by atoms with Gasteiger partial charge in [-0.1, -0.05) is 47.0 Å². The zero-order valence-electron chi connectivity index (χ0n) is 13.0. The van der Waals surface area contributed by atoms with E-state index in [9.17, 15) is 0 Å². The van der Waals surface area contributed by atoms with Gasteiger partial charge in [-0.15, -0.1) is 0 Å². The Morgan fingerprint density at radius 3 is 1.21 bits per heavy atom. The van der Waals surface area contributed by atoms with Gasteiger partial charge in [-0.3, -0.25) is 0 Å². The minimum absolute atomic E-state index is 0.552. The molecule has 0 heterocycles. The molecule has 0 saturated heterocycles. The van der Waals surface area contributed by atoms with E-state index in [1.54, 1.807) is 0 Å². The molecule has 0 spiro atoms. The van der Waals surface area contributed by atoms with Crippen LogP contribution in [0, 0.1) is 22.7 Å². The molecule has 0 radical (unpaired) electrons. The molecule has 4 nitrogen and oxygen atoms in total. The van der Waals surface area contributed by atoms with E-state index in [1.165, 1.54) is 0 Å². The smallest absolute Gasteiger partial charge is 0.104 e. The van der Waals surface area contributed by atoms with Crippen molar-refractivity contribution in [2.75, 3.05) is 0 Å². The van der Waals surface area contributed by atoms with E-state index in [-0.39, 0.29) is 0 Å². The van der Waals surface area contributed by atoms with Gasteiger partial charge in [0.25, 0.3) is 0 Å². The van der Waals surface area contributed by atoms with Gasteiger partial charge in [0.1, 0.15) is 11.1 Å². The molecule has 0 aliphatic heterocycles. The summed E-state index contributed by atoms with van der Waals surface area (Å²) in [6.07, 6.45) is 6.15. The van der Waals surface area contributed by atoms with E-state index >= 15 is 0 Å². The molecule has 4 heteroatoms. The molecule has 0 aliphatic carbocycles. The maximum Gasteiger partial charge on any atom is 0.104 e. The van der Waals surface area contributed by atoms with Crippen molar-refractivity contribution in [3.8, 4) is 12.1 Å². The minimum Gasteiger partial charge on any atom is -0.313 e. The van der Waals surface area contributed by atoms with E-state index in [1.807, 2.05) is 13.8 Å². The van der Waals surface area contributed by atoms with Gasteiger partial charge in [0.05, 0.1) is 12.1 Å². The van der Waals surface area contributed by atoms with Crippen molar-refractivity contribution in [3.05, 3.63) is 0 Å². The fourth-order valence-electron chi connectivity index (χ4n) is 1.89. The molecule has 0 fully saturated rings. The topological polar surface area (TPSA) is 99.6 Å². The Labute approximate surface area is 118 Å². The monoisotopic (exact) mass is 266 g/mol. The summed E-state index contributed by atoms with van der Waals surface area (Å²) < 4.78 is 0. The van der Waals surface area contributed by atoms with Crippen LogP contribution >= 0.6 is 0 Å². The summed E-state index contributed by atoms with van der Waals surface area (Å²) in [5.74, 6) is 0. The third-order valence-electron chi connectivity index (χ3n) is 3.16. The van der Waals surface area contributed by atoms with Crippen molar-refractivity contribution >= 4 is 0 Å². The van der Waals surface area contributed by atoms with Gasteiger partial charge in [-0.25, -0.2) is 0 Å². The van der Waals surface area contributed by atoms with Gasteiger partial charge in [-0.2, -0.15) is 10.5 Å². The minimum atomic E-state index is -0.561. The fraction of sp³-hybridized carbons (Fsp3) is 0.867. The molecule has 0 aromatic carbocycles. The standard InChI is InChI=1S/C8H16N2.C7H14N2/c1-3-5-8(10,7-9)6-4-2;1-3-5-7(9,4-2)6-8/h3-6,10H2,1-2H3;3-5,9H2,1-2H3. The second-order valence-corrected chi connectivity index (χ2v) is 5.14. The van der Waals surface area contributed by atoms with Crippen LogP contribution in [0.5, 0.6) is 0 Å². The molecule has 0 aromatic rings. The molecule has 1 atom stereocenters. The van der Waals surface area contributed by atoms with E-state index in [2.05, 4.69) is 26.0 Å². The number of nitriles is 2. The third kappa shape index (κ3) is 9.47. The summed E-state index contributed by atoms with van der Waals surface area (Å²) in [6.45, 7) is 8.08. The quantitative estimate of drug-likeness (QED) is 0.738. The Morgan fingerprint density at radius 1 is 0.737 bits per heavy atom. The van der Waals surface area contributed by atoms with Crippen LogP contribution < -0.4 is 11.5 Å². The Morgan fingerprint density at radius 2 is 1.05 bits per heavy atom. The Kier molecular flexibility index (Phi) is 11.5. The molecule has 0 aromatic heterocycles. The van der Waals surface area contributed by atoms with E-state index in [4.69, 9.17) is 22.0 Å². The van der Waals surface area contributed by atoms with Crippen molar-refractivity contribution < 1.29 is 0 Å². The number of nitrogens with two attached hydrogens (primary N) is 2. The third-order valence-corrected chi connectivity index (χ3v) is 3.16. The van der Waals surface area contributed by atoms with E-state index in [0.717, 1.165) is 44.9 Å². The maximum atomic E-state index is 8.67. The van der Waals surface area contributed by atoms with Gasteiger partial charge in [-0.05, 0) is 25.7 Å². The second kappa shape index (κ2) is 10.8. The molecule has 19 heavy (non-hydrogen) atoms. The molecule has 0 bridgehead atoms. The van der Waals surface area contributed by atoms with Crippen LogP contribution in [-0.2, 0) is 0 Å². The number of hydrogen-bond acceptors (Lipinski definition) is 4. The van der Waals surface area contributed by atoms with Crippen LogP contribution in [0.25, 0.3) is 0 Å². The van der Waals surface area contributed by atoms with Crippen molar-refractivity contribution in [3.63, 3.8) is 0 Å². The summed E-state index contributed by atoms with van der Waals surface area (Å²) >= 11 is 0. The SMILES string of the molecule is CCCC(N)(C#N)CC.CCCC(N)(C#N)CCC. The second-order valence-electron chi connectivity index (χ2n) is 5.14. The molecule has 0 saturated carbocycles. The van der Waals surface area contributed by atoms with Crippen molar-refractivity contribution in [1.29, 1.82) is 10.5 Å². The molecule has 4 N–H and O–H groups in total. The average Bonchev–Trinajstić information content (AvgIpc) is 2.40. The lowest BCUT2D eigenvalue weighted by atomic mass is 9.92. The lowest BCUT2D eigenvalue weighted by Crippen LogP contribution is -2.37. The normalized spacial score (nSPS) is 13.5. The van der Waals surface area contributed by atoms with Gasteiger partial charge in [0.15, 0.2) is 0 Å². The summed E-state index contributed by atoms with van der Waals surface area (Å²) in [4.78, 5) is 0. The lowest BCUT2D eigenvalue weighted by molar-refractivity contribution is 0.451. The van der Waals surface area contributed by atoms with E-state index < -0.39 is 11.1 Å². The largest absolute Gasteiger partial charge is 0.313 e. The predicted molar refractivity (Wildman–Crippen MR) is 80.1 cm³/mol. The zero-order chi connectivity index (χ0) is 15.4. The summed E-state index contributed by atoms with van der Waals surface area (Å²) in [6, 6.07) is 4.26. The first-order valence-corrected chi connectivity index (χ1v) is 7.27. The molecule has 0 amide bonds. The molecule has 1 unspecified atom stereocenters. The molecule has 110 valence electrons. The highest BCUT2D eigenvalue weighted by Crippen LogP contribution is 2.14. The lowest BCUT2D eigenvalue weighted by Gasteiger charge is -2.18. The highest BCUT2D eigenvalue weighted by molar-refractivity contribution is 5.03. The number of rotatable bonds is 7. The average molecular weight is 266 g/mol. The summed E-state index contributed by atoms with van der Waals surface area (Å²) in [5.41, 5.74) is 10.3. The van der Waals surface area contributed by atoms with E-state index in [0.29, 0.717) is 0 Å². The van der Waals surface area contributed by atoms with Crippen LogP contribution in [0.2, 0.25) is 0 Å². The van der Waals surface area contributed by atoms with Crippen molar-refractivity contribution in [1.82, 2.24) is 0 Å². The van der Waals surface area contributed by atoms with Crippen LogP contribution in [0.4, 0.5) is 0 Å². The summed E-state index contributed by atoms with van der Waals surface area (Å²) in [7, 11) is 0. The predicted octanol–water partition coefficient (Wildman–Crippen LogP) is 3.23. The van der Waals surface area contributed by atoms with Gasteiger partial charge in [0, 0.05) is 0 Å². The first-order chi connectivity index (χ1) is 8.86. The molecule has 0 rings (SSSR count). The van der Waals surface area contributed by atoms with Crippen molar-refractivity contribution in [2.24, 2.45) is 11.5 Å². The Balaban J connectivity index is 0. The highest BCUT2D eigenvalue weighted by Gasteiger charge is 2.21. The number of hydrogen-bond donors (Lipinski definition) is 2. The fourth-order valence-corrected chi connectivity index (χ4v) is 1.89. The van der Waals surface area contributed by atoms with Crippen molar-refractivity contribution in [2.45, 2.75) is 83.7 Å². The van der Waals surface area contributed by atoms with Crippen LogP contribution in [0.1, 0.15) is 72.6 Å². The first kappa shape index (κ1) is 20.2.